The Kier molecular flexibility index (Phi) is 3.42. The van der Waals surface area contributed by atoms with Crippen molar-refractivity contribution in [3.8, 4) is 0 Å². The van der Waals surface area contributed by atoms with Crippen molar-refractivity contribution in [3.63, 3.8) is 0 Å². The SMILES string of the molecule is CC12CCC(=O)N1C(C(=O)Nc1ccccc1Cl)CS2. The molecule has 0 spiro atoms. The van der Waals surface area contributed by atoms with E-state index >= 15 is 0 Å². The van der Waals surface area contributed by atoms with E-state index < -0.39 is 6.04 Å². The highest BCUT2D eigenvalue weighted by molar-refractivity contribution is 8.01. The maximum Gasteiger partial charge on any atom is 0.248 e. The van der Waals surface area contributed by atoms with Crippen molar-refractivity contribution >= 4 is 40.9 Å². The Balaban J connectivity index is 1.79. The Labute approximate surface area is 126 Å². The minimum absolute atomic E-state index is 0.0665. The lowest BCUT2D eigenvalue weighted by atomic mass is 10.2. The van der Waals surface area contributed by atoms with Crippen molar-refractivity contribution in [1.29, 1.82) is 0 Å². The molecule has 0 bridgehead atoms. The van der Waals surface area contributed by atoms with Crippen LogP contribution in [-0.2, 0) is 9.59 Å². The van der Waals surface area contributed by atoms with E-state index in [1.54, 1.807) is 28.8 Å². The molecule has 6 heteroatoms. The van der Waals surface area contributed by atoms with Gasteiger partial charge in [-0.15, -0.1) is 11.8 Å². The van der Waals surface area contributed by atoms with E-state index in [0.29, 0.717) is 22.9 Å². The Morgan fingerprint density at radius 2 is 2.25 bits per heavy atom. The number of rotatable bonds is 2. The van der Waals surface area contributed by atoms with Gasteiger partial charge in [-0.1, -0.05) is 23.7 Å². The molecule has 0 aliphatic carbocycles. The molecule has 0 saturated carbocycles. The first-order valence-electron chi connectivity index (χ1n) is 6.53. The third-order valence-electron chi connectivity index (χ3n) is 3.88. The van der Waals surface area contributed by atoms with E-state index in [-0.39, 0.29) is 16.7 Å². The van der Waals surface area contributed by atoms with Crippen molar-refractivity contribution in [2.75, 3.05) is 11.1 Å². The zero-order valence-corrected chi connectivity index (χ0v) is 12.6. The fourth-order valence-corrected chi connectivity index (χ4v) is 4.41. The van der Waals surface area contributed by atoms with Crippen LogP contribution in [0.2, 0.25) is 5.02 Å². The molecule has 1 aromatic rings. The number of carbonyl (C=O) groups excluding carboxylic acids is 2. The number of fused-ring (bicyclic) bond motifs is 1. The monoisotopic (exact) mass is 310 g/mol. The molecular weight excluding hydrogens is 296 g/mol. The van der Waals surface area contributed by atoms with E-state index in [1.807, 2.05) is 19.1 Å². The number of halogens is 1. The summed E-state index contributed by atoms with van der Waals surface area (Å²) in [4.78, 5) is 25.9. The van der Waals surface area contributed by atoms with Gasteiger partial charge in [-0.25, -0.2) is 0 Å². The van der Waals surface area contributed by atoms with Crippen molar-refractivity contribution in [3.05, 3.63) is 29.3 Å². The van der Waals surface area contributed by atoms with Crippen LogP contribution in [0.25, 0.3) is 0 Å². The largest absolute Gasteiger partial charge is 0.323 e. The number of para-hydroxylation sites is 1. The summed E-state index contributed by atoms with van der Waals surface area (Å²) in [6.45, 7) is 2.03. The number of hydrogen-bond acceptors (Lipinski definition) is 3. The van der Waals surface area contributed by atoms with Crippen LogP contribution >= 0.6 is 23.4 Å². The molecule has 1 N–H and O–H groups in total. The highest BCUT2D eigenvalue weighted by Gasteiger charge is 2.52. The first-order valence-corrected chi connectivity index (χ1v) is 7.89. The van der Waals surface area contributed by atoms with Crippen molar-refractivity contribution < 1.29 is 9.59 Å². The summed E-state index contributed by atoms with van der Waals surface area (Å²) >= 11 is 7.72. The average molecular weight is 311 g/mol. The Bertz CT molecular complexity index is 580. The van der Waals surface area contributed by atoms with Gasteiger partial charge in [-0.3, -0.25) is 9.59 Å². The lowest BCUT2D eigenvalue weighted by molar-refractivity contribution is -0.135. The number of amides is 2. The van der Waals surface area contributed by atoms with Crippen molar-refractivity contribution in [2.45, 2.75) is 30.7 Å². The molecule has 20 heavy (non-hydrogen) atoms. The Morgan fingerprint density at radius 3 is 3.00 bits per heavy atom. The van der Waals surface area contributed by atoms with Crippen LogP contribution in [0, 0.1) is 0 Å². The van der Waals surface area contributed by atoms with Crippen LogP contribution in [-0.4, -0.2) is 33.4 Å². The van der Waals surface area contributed by atoms with E-state index in [9.17, 15) is 9.59 Å². The number of nitrogens with zero attached hydrogens (tertiary/aromatic N) is 1. The molecule has 0 radical (unpaired) electrons. The summed E-state index contributed by atoms with van der Waals surface area (Å²) < 4.78 is 0. The Hall–Kier alpha value is -1.20. The molecular formula is C14H15ClN2O2S. The maximum atomic E-state index is 12.4. The zero-order valence-electron chi connectivity index (χ0n) is 11.1. The van der Waals surface area contributed by atoms with Gasteiger partial charge in [0, 0.05) is 12.2 Å². The van der Waals surface area contributed by atoms with Gasteiger partial charge in [0.1, 0.15) is 6.04 Å². The van der Waals surface area contributed by atoms with Crippen molar-refractivity contribution in [2.24, 2.45) is 0 Å². The van der Waals surface area contributed by atoms with Crippen LogP contribution in [0.3, 0.4) is 0 Å². The maximum absolute atomic E-state index is 12.4. The van der Waals surface area contributed by atoms with E-state index in [4.69, 9.17) is 11.6 Å². The average Bonchev–Trinajstić information content (AvgIpc) is 2.90. The van der Waals surface area contributed by atoms with Gasteiger partial charge >= 0.3 is 0 Å². The first kappa shape index (κ1) is 13.8. The molecule has 3 rings (SSSR count). The number of carbonyl (C=O) groups is 2. The van der Waals surface area contributed by atoms with E-state index in [1.165, 1.54) is 0 Å². The lowest BCUT2D eigenvalue weighted by Gasteiger charge is -2.29. The topological polar surface area (TPSA) is 49.4 Å². The van der Waals surface area contributed by atoms with Gasteiger partial charge in [-0.2, -0.15) is 0 Å². The smallest absolute Gasteiger partial charge is 0.248 e. The number of benzene rings is 1. The summed E-state index contributed by atoms with van der Waals surface area (Å²) in [5.41, 5.74) is 0.587. The van der Waals surface area contributed by atoms with Gasteiger partial charge < -0.3 is 10.2 Å². The van der Waals surface area contributed by atoms with Crippen LogP contribution in [0.4, 0.5) is 5.69 Å². The van der Waals surface area contributed by atoms with Gasteiger partial charge in [0.05, 0.1) is 15.6 Å². The molecule has 2 atom stereocenters. The third kappa shape index (κ3) is 2.19. The van der Waals surface area contributed by atoms with Crippen LogP contribution < -0.4 is 5.32 Å². The molecule has 106 valence electrons. The second-order valence-corrected chi connectivity index (χ2v) is 7.14. The molecule has 1 aromatic carbocycles. The number of nitrogens with one attached hydrogen (secondary N) is 1. The van der Waals surface area contributed by atoms with Crippen LogP contribution in [0.5, 0.6) is 0 Å². The van der Waals surface area contributed by atoms with Gasteiger partial charge in [0.15, 0.2) is 0 Å². The molecule has 2 amide bonds. The highest BCUT2D eigenvalue weighted by Crippen LogP contribution is 2.47. The number of anilines is 1. The molecule has 2 saturated heterocycles. The third-order valence-corrected chi connectivity index (χ3v) is 5.71. The molecule has 2 fully saturated rings. The number of hydrogen-bond donors (Lipinski definition) is 1. The molecule has 4 nitrogen and oxygen atoms in total. The quantitative estimate of drug-likeness (QED) is 0.914. The number of thioether (sulfide) groups is 1. The molecule has 2 aliphatic heterocycles. The second kappa shape index (κ2) is 4.97. The minimum Gasteiger partial charge on any atom is -0.323 e. The summed E-state index contributed by atoms with van der Waals surface area (Å²) in [6.07, 6.45) is 1.34. The summed E-state index contributed by atoms with van der Waals surface area (Å²) in [5.74, 6) is 0.541. The Morgan fingerprint density at radius 1 is 1.50 bits per heavy atom. The second-order valence-electron chi connectivity index (χ2n) is 5.23. The zero-order chi connectivity index (χ0) is 14.3. The molecule has 2 unspecified atom stereocenters. The molecule has 2 aliphatic rings. The normalized spacial score (nSPS) is 28.6. The molecule has 2 heterocycles. The van der Waals surface area contributed by atoms with E-state index in [2.05, 4.69) is 5.32 Å². The van der Waals surface area contributed by atoms with Crippen LogP contribution in [0.15, 0.2) is 24.3 Å². The summed E-state index contributed by atoms with van der Waals surface area (Å²) in [6, 6.07) is 6.70. The lowest BCUT2D eigenvalue weighted by Crippen LogP contribution is -2.48. The van der Waals surface area contributed by atoms with E-state index in [0.717, 1.165) is 6.42 Å². The van der Waals surface area contributed by atoms with Crippen LogP contribution in [0.1, 0.15) is 19.8 Å². The predicted molar refractivity (Wildman–Crippen MR) is 80.8 cm³/mol. The summed E-state index contributed by atoms with van der Waals surface area (Å²) in [5, 5.41) is 3.33. The van der Waals surface area contributed by atoms with Gasteiger partial charge in [0.2, 0.25) is 11.8 Å². The predicted octanol–water partition coefficient (Wildman–Crippen LogP) is 2.73. The van der Waals surface area contributed by atoms with Gasteiger partial charge in [-0.05, 0) is 25.5 Å². The standard InChI is InChI=1S/C14H15ClN2O2S/c1-14-7-6-12(18)17(14)11(8-20-14)13(19)16-10-5-3-2-4-9(10)15/h2-5,11H,6-8H2,1H3,(H,16,19). The van der Waals surface area contributed by atoms with Gasteiger partial charge in [0.25, 0.3) is 0 Å². The fourth-order valence-electron chi connectivity index (χ4n) is 2.79. The minimum atomic E-state index is -0.406. The highest BCUT2D eigenvalue weighted by atomic mass is 35.5. The molecule has 0 aromatic heterocycles. The summed E-state index contributed by atoms with van der Waals surface area (Å²) in [7, 11) is 0. The first-order chi connectivity index (χ1) is 9.51. The van der Waals surface area contributed by atoms with Crippen molar-refractivity contribution in [1.82, 2.24) is 4.90 Å². The fraction of sp³-hybridized carbons (Fsp3) is 0.429.